The summed E-state index contributed by atoms with van der Waals surface area (Å²) in [6, 6.07) is 3.64. The number of aromatic nitrogens is 1. The topological polar surface area (TPSA) is 39.1 Å². The van der Waals surface area contributed by atoms with Crippen LogP contribution in [0.4, 0.5) is 0 Å². The van der Waals surface area contributed by atoms with E-state index in [9.17, 15) is 9.59 Å². The molecule has 0 aliphatic heterocycles. The quantitative estimate of drug-likeness (QED) is 0.763. The van der Waals surface area contributed by atoms with Gasteiger partial charge in [-0.2, -0.15) is 0 Å². The molecular formula is C15H19NO2. The number of pyridine rings is 1. The van der Waals surface area contributed by atoms with E-state index in [0.29, 0.717) is 12.5 Å². The number of rotatable bonds is 1. The Balaban J connectivity index is 2.09. The molecule has 0 N–H and O–H groups in total. The molecule has 1 aromatic heterocycles. The maximum absolute atomic E-state index is 12.1. The predicted octanol–water partition coefficient (Wildman–Crippen LogP) is 2.87. The van der Waals surface area contributed by atoms with E-state index in [1.165, 1.54) is 19.3 Å². The lowest BCUT2D eigenvalue weighted by atomic mass is 9.91. The van der Waals surface area contributed by atoms with Gasteiger partial charge in [0.1, 0.15) is 0 Å². The summed E-state index contributed by atoms with van der Waals surface area (Å²) < 4.78 is 1.94. The molecule has 3 heteroatoms. The van der Waals surface area contributed by atoms with Crippen molar-refractivity contribution in [3.05, 3.63) is 33.7 Å². The van der Waals surface area contributed by atoms with Gasteiger partial charge in [-0.1, -0.05) is 19.3 Å². The fourth-order valence-corrected chi connectivity index (χ4v) is 3.39. The van der Waals surface area contributed by atoms with Gasteiger partial charge in [0, 0.05) is 29.8 Å². The van der Waals surface area contributed by atoms with E-state index in [0.717, 1.165) is 36.9 Å². The minimum Gasteiger partial charge on any atom is -0.309 e. The van der Waals surface area contributed by atoms with E-state index in [-0.39, 0.29) is 11.3 Å². The first-order valence-corrected chi connectivity index (χ1v) is 7.05. The third kappa shape index (κ3) is 1.92. The van der Waals surface area contributed by atoms with Crippen LogP contribution in [0.2, 0.25) is 0 Å². The van der Waals surface area contributed by atoms with Crippen molar-refractivity contribution in [3.63, 3.8) is 0 Å². The van der Waals surface area contributed by atoms with Crippen LogP contribution < -0.4 is 5.56 Å². The Hall–Kier alpha value is -1.38. The largest absolute Gasteiger partial charge is 0.309 e. The maximum atomic E-state index is 12.1. The molecule has 0 bridgehead atoms. The van der Waals surface area contributed by atoms with Crippen LogP contribution in [0, 0.1) is 0 Å². The summed E-state index contributed by atoms with van der Waals surface area (Å²) in [5.41, 5.74) is 1.88. The minimum absolute atomic E-state index is 0.0790. The van der Waals surface area contributed by atoms with Crippen molar-refractivity contribution >= 4 is 5.78 Å². The molecule has 3 nitrogen and oxygen atoms in total. The Morgan fingerprint density at radius 3 is 2.50 bits per heavy atom. The van der Waals surface area contributed by atoms with Crippen LogP contribution in [0.25, 0.3) is 0 Å². The van der Waals surface area contributed by atoms with Crippen LogP contribution in [0.3, 0.4) is 0 Å². The van der Waals surface area contributed by atoms with E-state index in [1.807, 2.05) is 4.57 Å². The first-order chi connectivity index (χ1) is 8.77. The molecule has 96 valence electrons. The third-order valence-corrected chi connectivity index (χ3v) is 4.29. The van der Waals surface area contributed by atoms with Gasteiger partial charge in [0.25, 0.3) is 5.56 Å². The number of carbonyl (C=O) groups is 1. The van der Waals surface area contributed by atoms with Crippen molar-refractivity contribution in [2.24, 2.45) is 0 Å². The number of ketones is 1. The van der Waals surface area contributed by atoms with E-state index in [4.69, 9.17) is 0 Å². The van der Waals surface area contributed by atoms with Crippen LogP contribution in [0.15, 0.2) is 16.9 Å². The molecule has 1 fully saturated rings. The molecule has 2 aliphatic rings. The molecule has 1 saturated carbocycles. The van der Waals surface area contributed by atoms with Crippen molar-refractivity contribution < 1.29 is 4.79 Å². The SMILES string of the molecule is O=C1CCCc2c1ccc(=O)n2C1CCCCC1. The average Bonchev–Trinajstić information content (AvgIpc) is 2.40. The summed E-state index contributed by atoms with van der Waals surface area (Å²) in [4.78, 5) is 24.1. The fourth-order valence-electron chi connectivity index (χ4n) is 3.39. The highest BCUT2D eigenvalue weighted by molar-refractivity contribution is 5.97. The maximum Gasteiger partial charge on any atom is 0.251 e. The normalized spacial score (nSPS) is 20.8. The van der Waals surface area contributed by atoms with Gasteiger partial charge in [-0.15, -0.1) is 0 Å². The van der Waals surface area contributed by atoms with Gasteiger partial charge >= 0.3 is 0 Å². The molecule has 0 aromatic carbocycles. The molecule has 0 amide bonds. The Morgan fingerprint density at radius 1 is 0.944 bits per heavy atom. The highest BCUT2D eigenvalue weighted by Gasteiger charge is 2.25. The Morgan fingerprint density at radius 2 is 1.72 bits per heavy atom. The lowest BCUT2D eigenvalue weighted by Crippen LogP contribution is -2.32. The van der Waals surface area contributed by atoms with Gasteiger partial charge in [-0.25, -0.2) is 0 Å². The third-order valence-electron chi connectivity index (χ3n) is 4.29. The highest BCUT2D eigenvalue weighted by Crippen LogP contribution is 2.30. The van der Waals surface area contributed by atoms with Crippen molar-refractivity contribution in [3.8, 4) is 0 Å². The number of nitrogens with zero attached hydrogens (tertiary/aromatic N) is 1. The number of hydrogen-bond donors (Lipinski definition) is 0. The second-order valence-electron chi connectivity index (χ2n) is 5.47. The summed E-state index contributed by atoms with van der Waals surface area (Å²) in [7, 11) is 0. The van der Waals surface area contributed by atoms with E-state index in [2.05, 4.69) is 0 Å². The van der Waals surface area contributed by atoms with Gasteiger partial charge in [0.05, 0.1) is 0 Å². The molecule has 1 aromatic rings. The van der Waals surface area contributed by atoms with Crippen LogP contribution in [0.5, 0.6) is 0 Å². The molecule has 0 saturated heterocycles. The summed E-state index contributed by atoms with van der Waals surface area (Å²) in [5, 5.41) is 0. The molecule has 0 radical (unpaired) electrons. The average molecular weight is 245 g/mol. The Bertz CT molecular complexity index is 524. The van der Waals surface area contributed by atoms with Gasteiger partial charge < -0.3 is 4.57 Å². The standard InChI is InChI=1S/C15H19NO2/c17-14-8-4-7-13-12(14)9-10-15(18)16(13)11-5-2-1-3-6-11/h9-11H,1-8H2. The van der Waals surface area contributed by atoms with Crippen LogP contribution in [0.1, 0.15) is 67.0 Å². The Labute approximate surface area is 107 Å². The summed E-state index contributed by atoms with van der Waals surface area (Å²) in [6.07, 6.45) is 8.27. The smallest absolute Gasteiger partial charge is 0.251 e. The lowest BCUT2D eigenvalue weighted by molar-refractivity contribution is 0.0969. The van der Waals surface area contributed by atoms with Crippen molar-refractivity contribution in [2.45, 2.75) is 57.4 Å². The molecular weight excluding hydrogens is 226 g/mol. The number of Topliss-reactive ketones (excluding diaryl/α,β-unsaturated/α-hetero) is 1. The molecule has 1 heterocycles. The Kier molecular flexibility index (Phi) is 3.06. The second kappa shape index (κ2) is 4.71. The number of fused-ring (bicyclic) bond motifs is 1. The fraction of sp³-hybridized carbons (Fsp3) is 0.600. The van der Waals surface area contributed by atoms with Crippen LogP contribution >= 0.6 is 0 Å². The molecule has 0 unspecified atom stereocenters. The molecule has 0 atom stereocenters. The molecule has 0 spiro atoms. The predicted molar refractivity (Wildman–Crippen MR) is 70.1 cm³/mol. The van der Waals surface area contributed by atoms with Gasteiger partial charge in [0.2, 0.25) is 0 Å². The van der Waals surface area contributed by atoms with Crippen molar-refractivity contribution in [1.82, 2.24) is 4.57 Å². The summed E-state index contributed by atoms with van der Waals surface area (Å²) >= 11 is 0. The van der Waals surface area contributed by atoms with Crippen LogP contribution in [-0.4, -0.2) is 10.4 Å². The number of hydrogen-bond acceptors (Lipinski definition) is 2. The molecule has 18 heavy (non-hydrogen) atoms. The zero-order valence-electron chi connectivity index (χ0n) is 10.7. The van der Waals surface area contributed by atoms with E-state index < -0.39 is 0 Å². The molecule has 3 rings (SSSR count). The lowest BCUT2D eigenvalue weighted by Gasteiger charge is -2.29. The van der Waals surface area contributed by atoms with Gasteiger partial charge in [-0.05, 0) is 31.7 Å². The monoisotopic (exact) mass is 245 g/mol. The van der Waals surface area contributed by atoms with Crippen molar-refractivity contribution in [1.29, 1.82) is 0 Å². The first-order valence-electron chi connectivity index (χ1n) is 7.05. The van der Waals surface area contributed by atoms with E-state index >= 15 is 0 Å². The van der Waals surface area contributed by atoms with Gasteiger partial charge in [-0.3, -0.25) is 9.59 Å². The zero-order valence-corrected chi connectivity index (χ0v) is 10.7. The van der Waals surface area contributed by atoms with Gasteiger partial charge in [0.15, 0.2) is 5.78 Å². The minimum atomic E-state index is 0.0790. The second-order valence-corrected chi connectivity index (χ2v) is 5.47. The van der Waals surface area contributed by atoms with Crippen molar-refractivity contribution in [2.75, 3.05) is 0 Å². The zero-order chi connectivity index (χ0) is 12.5. The molecule has 2 aliphatic carbocycles. The number of carbonyl (C=O) groups excluding carboxylic acids is 1. The van der Waals surface area contributed by atoms with Crippen LogP contribution in [-0.2, 0) is 6.42 Å². The highest BCUT2D eigenvalue weighted by atomic mass is 16.1. The first kappa shape index (κ1) is 11.7. The van der Waals surface area contributed by atoms with E-state index in [1.54, 1.807) is 12.1 Å². The summed E-state index contributed by atoms with van der Waals surface area (Å²) in [6.45, 7) is 0. The summed E-state index contributed by atoms with van der Waals surface area (Å²) in [5.74, 6) is 0.209.